The summed E-state index contributed by atoms with van der Waals surface area (Å²) in [5.74, 6) is 0.869. The third-order valence-electron chi connectivity index (χ3n) is 4.72. The highest BCUT2D eigenvalue weighted by molar-refractivity contribution is 7.13. The van der Waals surface area contributed by atoms with Crippen molar-refractivity contribution in [1.82, 2.24) is 9.55 Å². The predicted molar refractivity (Wildman–Crippen MR) is 116 cm³/mol. The van der Waals surface area contributed by atoms with Crippen molar-refractivity contribution in [3.05, 3.63) is 83.6 Å². The van der Waals surface area contributed by atoms with Gasteiger partial charge in [-0.15, -0.1) is 11.3 Å². The Hall–Kier alpha value is -3.18. The normalized spacial score (nSPS) is 10.8. The number of hydrogen-bond donors (Lipinski definition) is 1. The van der Waals surface area contributed by atoms with Crippen LogP contribution in [0.25, 0.3) is 21.7 Å². The highest BCUT2D eigenvalue weighted by Gasteiger charge is 2.11. The molecule has 0 saturated carbocycles. The Bertz CT molecular complexity index is 1110. The maximum Gasteiger partial charge on any atom is 0.255 e. The summed E-state index contributed by atoms with van der Waals surface area (Å²) in [7, 11) is 0. The van der Waals surface area contributed by atoms with E-state index in [1.54, 1.807) is 11.3 Å². The molecule has 0 saturated heterocycles. The van der Waals surface area contributed by atoms with Crippen molar-refractivity contribution < 1.29 is 4.79 Å². The van der Waals surface area contributed by atoms with Crippen molar-refractivity contribution >= 4 is 22.9 Å². The van der Waals surface area contributed by atoms with Gasteiger partial charge in [0.15, 0.2) is 0 Å². The molecular formula is C23H21N3OS. The number of amides is 1. The molecule has 0 aliphatic rings. The van der Waals surface area contributed by atoms with Gasteiger partial charge in [0.2, 0.25) is 0 Å². The molecule has 1 amide bonds. The monoisotopic (exact) mass is 387 g/mol. The molecule has 0 spiro atoms. The minimum absolute atomic E-state index is 0.115. The van der Waals surface area contributed by atoms with Gasteiger partial charge in [-0.2, -0.15) is 0 Å². The van der Waals surface area contributed by atoms with Crippen molar-refractivity contribution in [3.8, 4) is 21.7 Å². The lowest BCUT2D eigenvalue weighted by Gasteiger charge is -2.10. The van der Waals surface area contributed by atoms with Crippen molar-refractivity contribution in [1.29, 1.82) is 0 Å². The molecule has 140 valence electrons. The fourth-order valence-corrected chi connectivity index (χ4v) is 4.04. The van der Waals surface area contributed by atoms with Crippen LogP contribution >= 0.6 is 11.3 Å². The molecule has 0 atom stereocenters. The summed E-state index contributed by atoms with van der Waals surface area (Å²) in [4.78, 5) is 18.4. The summed E-state index contributed by atoms with van der Waals surface area (Å²) >= 11 is 1.67. The number of aryl methyl sites for hydroxylation is 1. The number of carbonyl (C=O) groups excluding carboxylic acids is 1. The van der Waals surface area contributed by atoms with E-state index < -0.39 is 0 Å². The van der Waals surface area contributed by atoms with Gasteiger partial charge in [0.1, 0.15) is 5.82 Å². The van der Waals surface area contributed by atoms with Gasteiger partial charge in [-0.05, 0) is 55.1 Å². The molecule has 1 N–H and O–H groups in total. The van der Waals surface area contributed by atoms with Crippen LogP contribution in [0.1, 0.15) is 23.1 Å². The molecule has 28 heavy (non-hydrogen) atoms. The second-order valence-electron chi connectivity index (χ2n) is 6.53. The van der Waals surface area contributed by atoms with Crippen LogP contribution in [0.15, 0.2) is 72.2 Å². The lowest BCUT2D eigenvalue weighted by atomic mass is 10.1. The SMILES string of the molecule is CCn1c(-c2cccc(NC(=O)c3cccc(-c4cccs4)c3)c2)cnc1C. The number of rotatable bonds is 5. The minimum Gasteiger partial charge on any atom is -0.329 e. The zero-order valence-corrected chi connectivity index (χ0v) is 16.7. The number of nitrogens with one attached hydrogen (secondary N) is 1. The smallest absolute Gasteiger partial charge is 0.255 e. The highest BCUT2D eigenvalue weighted by Crippen LogP contribution is 2.27. The van der Waals surface area contributed by atoms with Gasteiger partial charge < -0.3 is 9.88 Å². The van der Waals surface area contributed by atoms with E-state index >= 15 is 0 Å². The van der Waals surface area contributed by atoms with Crippen LogP contribution in [0.3, 0.4) is 0 Å². The lowest BCUT2D eigenvalue weighted by molar-refractivity contribution is 0.102. The van der Waals surface area contributed by atoms with E-state index in [0.717, 1.165) is 39.8 Å². The summed E-state index contributed by atoms with van der Waals surface area (Å²) in [6.45, 7) is 4.96. The van der Waals surface area contributed by atoms with E-state index in [9.17, 15) is 4.79 Å². The summed E-state index contributed by atoms with van der Waals surface area (Å²) < 4.78 is 2.16. The molecule has 2 aromatic carbocycles. The Morgan fingerprint density at radius 2 is 1.89 bits per heavy atom. The first-order valence-corrected chi connectivity index (χ1v) is 10.1. The number of aromatic nitrogens is 2. The van der Waals surface area contributed by atoms with E-state index in [-0.39, 0.29) is 5.91 Å². The Kier molecular flexibility index (Phi) is 5.08. The van der Waals surface area contributed by atoms with Crippen LogP contribution in [0.5, 0.6) is 0 Å². The standard InChI is InChI=1S/C23H21N3OS/c1-3-26-16(2)24-15-21(26)17-7-5-10-20(14-17)25-23(27)19-9-4-8-18(13-19)22-11-6-12-28-22/h4-15H,3H2,1-2H3,(H,25,27). The van der Waals surface area contributed by atoms with E-state index in [4.69, 9.17) is 0 Å². The van der Waals surface area contributed by atoms with Gasteiger partial charge in [-0.25, -0.2) is 4.98 Å². The molecule has 4 aromatic rings. The third-order valence-corrected chi connectivity index (χ3v) is 5.64. The average molecular weight is 388 g/mol. The molecular weight excluding hydrogens is 366 g/mol. The number of hydrogen-bond acceptors (Lipinski definition) is 3. The topological polar surface area (TPSA) is 46.9 Å². The van der Waals surface area contributed by atoms with Crippen molar-refractivity contribution in [2.24, 2.45) is 0 Å². The first-order valence-electron chi connectivity index (χ1n) is 9.23. The Balaban J connectivity index is 1.58. The molecule has 0 aliphatic heterocycles. The minimum atomic E-state index is -0.115. The maximum absolute atomic E-state index is 12.8. The molecule has 0 radical (unpaired) electrons. The summed E-state index contributed by atoms with van der Waals surface area (Å²) in [5.41, 5.74) is 4.55. The predicted octanol–water partition coefficient (Wildman–Crippen LogP) is 5.86. The number of benzene rings is 2. The fraction of sp³-hybridized carbons (Fsp3) is 0.130. The van der Waals surface area contributed by atoms with Crippen LogP contribution in [0.4, 0.5) is 5.69 Å². The van der Waals surface area contributed by atoms with Crippen LogP contribution < -0.4 is 5.32 Å². The van der Waals surface area contributed by atoms with Crippen LogP contribution in [0, 0.1) is 6.92 Å². The molecule has 0 bridgehead atoms. The Labute approximate surface area is 168 Å². The zero-order chi connectivity index (χ0) is 19.5. The largest absolute Gasteiger partial charge is 0.329 e. The molecule has 2 aromatic heterocycles. The maximum atomic E-state index is 12.8. The van der Waals surface area contributed by atoms with E-state index in [0.29, 0.717) is 5.56 Å². The summed E-state index contributed by atoms with van der Waals surface area (Å²) in [6, 6.07) is 19.7. The summed E-state index contributed by atoms with van der Waals surface area (Å²) in [6.07, 6.45) is 1.88. The number of anilines is 1. The van der Waals surface area contributed by atoms with Crippen molar-refractivity contribution in [2.45, 2.75) is 20.4 Å². The lowest BCUT2D eigenvalue weighted by Crippen LogP contribution is -2.12. The van der Waals surface area contributed by atoms with Crippen molar-refractivity contribution in [3.63, 3.8) is 0 Å². The average Bonchev–Trinajstić information content (AvgIpc) is 3.38. The molecule has 2 heterocycles. The first-order chi connectivity index (χ1) is 13.7. The zero-order valence-electron chi connectivity index (χ0n) is 15.8. The van der Waals surface area contributed by atoms with Gasteiger partial charge in [0.05, 0.1) is 11.9 Å². The summed E-state index contributed by atoms with van der Waals surface area (Å²) in [5, 5.41) is 5.06. The van der Waals surface area contributed by atoms with Gasteiger partial charge in [-0.3, -0.25) is 4.79 Å². The second-order valence-corrected chi connectivity index (χ2v) is 7.48. The van der Waals surface area contributed by atoms with Gasteiger partial charge in [0.25, 0.3) is 5.91 Å². The van der Waals surface area contributed by atoms with Crippen LogP contribution in [-0.2, 0) is 6.54 Å². The fourth-order valence-electron chi connectivity index (χ4n) is 3.31. The van der Waals surface area contributed by atoms with E-state index in [2.05, 4.69) is 27.9 Å². The van der Waals surface area contributed by atoms with Gasteiger partial charge in [0, 0.05) is 28.2 Å². The highest BCUT2D eigenvalue weighted by atomic mass is 32.1. The number of carbonyl (C=O) groups is 1. The molecule has 4 nitrogen and oxygen atoms in total. The van der Waals surface area contributed by atoms with E-state index in [1.165, 1.54) is 0 Å². The molecule has 0 aliphatic carbocycles. The van der Waals surface area contributed by atoms with Crippen molar-refractivity contribution in [2.75, 3.05) is 5.32 Å². The molecule has 0 fully saturated rings. The Morgan fingerprint density at radius 3 is 2.68 bits per heavy atom. The second kappa shape index (κ2) is 7.82. The molecule has 0 unspecified atom stereocenters. The van der Waals surface area contributed by atoms with Gasteiger partial charge in [-0.1, -0.05) is 30.3 Å². The number of imidazole rings is 1. The molecule has 5 heteroatoms. The van der Waals surface area contributed by atoms with E-state index in [1.807, 2.05) is 73.1 Å². The Morgan fingerprint density at radius 1 is 1.07 bits per heavy atom. The van der Waals surface area contributed by atoms with Crippen LogP contribution in [0.2, 0.25) is 0 Å². The quantitative estimate of drug-likeness (QED) is 0.466. The molecule has 4 rings (SSSR count). The first kappa shape index (κ1) is 18.2. The van der Waals surface area contributed by atoms with Gasteiger partial charge >= 0.3 is 0 Å². The third kappa shape index (κ3) is 3.62. The number of thiophene rings is 1. The van der Waals surface area contributed by atoms with Crippen LogP contribution in [-0.4, -0.2) is 15.5 Å². The number of nitrogens with zero attached hydrogens (tertiary/aromatic N) is 2.